The van der Waals surface area contributed by atoms with Gasteiger partial charge in [0.2, 0.25) is 0 Å². The number of rotatable bonds is 3. The van der Waals surface area contributed by atoms with Crippen molar-refractivity contribution < 1.29 is 0 Å². The molecule has 0 aliphatic heterocycles. The lowest BCUT2D eigenvalue weighted by molar-refractivity contribution is 1.28. The largest absolute Gasteiger partial charge is 0.397 e. The van der Waals surface area contributed by atoms with Gasteiger partial charge in [0.25, 0.3) is 0 Å². The molecule has 0 aliphatic rings. The van der Waals surface area contributed by atoms with Crippen LogP contribution in [0, 0.1) is 0 Å². The number of aromatic amines is 1. The number of H-pyrrole nitrogens is 1. The number of aliphatic imine (C=N–C) groups is 1. The minimum Gasteiger partial charge on any atom is -0.397 e. The molecule has 0 amide bonds. The third-order valence-corrected chi connectivity index (χ3v) is 2.50. The van der Waals surface area contributed by atoms with Gasteiger partial charge < -0.3 is 10.7 Å². The van der Waals surface area contributed by atoms with Crippen molar-refractivity contribution in [2.75, 3.05) is 7.05 Å². The highest BCUT2D eigenvalue weighted by Gasteiger charge is 2.07. The zero-order valence-electron chi connectivity index (χ0n) is 9.46. The van der Waals surface area contributed by atoms with Crippen molar-refractivity contribution >= 4 is 11.3 Å². The lowest BCUT2D eigenvalue weighted by Crippen LogP contribution is -2.11. The van der Waals surface area contributed by atoms with Gasteiger partial charge >= 0.3 is 0 Å². The van der Waals surface area contributed by atoms with E-state index in [9.17, 15) is 0 Å². The van der Waals surface area contributed by atoms with E-state index in [-0.39, 0.29) is 0 Å². The molecule has 1 aromatic rings. The minimum absolute atomic E-state index is 0.692. The van der Waals surface area contributed by atoms with Gasteiger partial charge in [-0.3, -0.25) is 4.99 Å². The average Bonchev–Trinajstić information content (AvgIpc) is 2.78. The zero-order valence-corrected chi connectivity index (χ0v) is 9.46. The molecule has 3 heteroatoms. The third-order valence-electron chi connectivity index (χ3n) is 2.50. The first-order valence-electron chi connectivity index (χ1n) is 4.81. The third kappa shape index (κ3) is 2.37. The summed E-state index contributed by atoms with van der Waals surface area (Å²) in [5, 5.41) is 0. The number of nitrogens with two attached hydrogens (primary N) is 1. The number of nitrogens with zero attached hydrogens (tertiary/aromatic N) is 1. The Morgan fingerprint density at radius 1 is 1.47 bits per heavy atom. The van der Waals surface area contributed by atoms with Crippen LogP contribution in [0.15, 0.2) is 41.2 Å². The summed E-state index contributed by atoms with van der Waals surface area (Å²) < 4.78 is 0. The van der Waals surface area contributed by atoms with E-state index in [0.29, 0.717) is 5.70 Å². The highest BCUT2D eigenvalue weighted by atomic mass is 14.7. The van der Waals surface area contributed by atoms with Crippen molar-refractivity contribution in [1.82, 2.24) is 4.98 Å². The molecule has 0 atom stereocenters. The van der Waals surface area contributed by atoms with E-state index < -0.39 is 0 Å². The Morgan fingerprint density at radius 3 is 2.60 bits per heavy atom. The molecular weight excluding hydrogens is 186 g/mol. The second-order valence-corrected chi connectivity index (χ2v) is 3.41. The molecule has 0 spiro atoms. The van der Waals surface area contributed by atoms with Crippen molar-refractivity contribution in [1.29, 1.82) is 0 Å². The Balaban J connectivity index is 3.04. The smallest absolute Gasteiger partial charge is 0.0561 e. The summed E-state index contributed by atoms with van der Waals surface area (Å²) in [5.41, 5.74) is 10.3. The Bertz CT molecular complexity index is 408. The van der Waals surface area contributed by atoms with Gasteiger partial charge in [-0.2, -0.15) is 0 Å². The molecular formula is C12H17N3. The molecule has 3 N–H and O–H groups in total. The van der Waals surface area contributed by atoms with Crippen LogP contribution in [0.1, 0.15) is 19.5 Å². The first-order valence-corrected chi connectivity index (χ1v) is 4.81. The molecule has 0 fully saturated rings. The van der Waals surface area contributed by atoms with Crippen molar-refractivity contribution in [3.63, 3.8) is 0 Å². The molecule has 1 aromatic heterocycles. The topological polar surface area (TPSA) is 54.2 Å². The normalized spacial score (nSPS) is 13.7. The fourth-order valence-corrected chi connectivity index (χ4v) is 1.27. The Morgan fingerprint density at radius 2 is 2.13 bits per heavy atom. The number of hydrogen-bond donors (Lipinski definition) is 2. The number of nitrogens with one attached hydrogen (secondary N) is 1. The first kappa shape index (κ1) is 11.3. The molecule has 1 heterocycles. The second-order valence-electron chi connectivity index (χ2n) is 3.41. The van der Waals surface area contributed by atoms with Crippen molar-refractivity contribution in [3.8, 4) is 0 Å². The average molecular weight is 203 g/mol. The van der Waals surface area contributed by atoms with E-state index >= 15 is 0 Å². The maximum atomic E-state index is 5.95. The van der Waals surface area contributed by atoms with Gasteiger partial charge in [0.1, 0.15) is 0 Å². The molecule has 0 aromatic carbocycles. The molecule has 0 radical (unpaired) electrons. The lowest BCUT2D eigenvalue weighted by Gasteiger charge is -2.09. The van der Waals surface area contributed by atoms with Crippen LogP contribution in [-0.2, 0) is 0 Å². The van der Waals surface area contributed by atoms with E-state index in [1.807, 2.05) is 32.2 Å². The van der Waals surface area contributed by atoms with Gasteiger partial charge in [-0.15, -0.1) is 0 Å². The van der Waals surface area contributed by atoms with Gasteiger partial charge in [0, 0.05) is 18.9 Å². The molecule has 15 heavy (non-hydrogen) atoms. The fourth-order valence-electron chi connectivity index (χ4n) is 1.27. The SMILES string of the molecule is C=C(/C(C)=C(/N)C(C)=NC)c1ccc[nH]1. The van der Waals surface area contributed by atoms with E-state index in [0.717, 1.165) is 22.6 Å². The Labute approximate surface area is 90.4 Å². The summed E-state index contributed by atoms with van der Waals surface area (Å²) in [6.45, 7) is 7.85. The standard InChI is InChI=1S/C12H17N3/c1-8(11-6-5-7-15-11)9(2)12(13)10(3)14-4/h5-7,15H,1,13H2,2-4H3/b12-9+,14-10?. The zero-order chi connectivity index (χ0) is 11.4. The van der Waals surface area contributed by atoms with E-state index in [2.05, 4.69) is 16.6 Å². The molecule has 1 rings (SSSR count). The summed E-state index contributed by atoms with van der Waals surface area (Å²) in [4.78, 5) is 7.16. The van der Waals surface area contributed by atoms with Crippen LogP contribution in [0.3, 0.4) is 0 Å². The quantitative estimate of drug-likeness (QED) is 0.575. The summed E-state index contributed by atoms with van der Waals surface area (Å²) >= 11 is 0. The predicted octanol–water partition coefficient (Wildman–Crippen LogP) is 2.35. The monoisotopic (exact) mass is 203 g/mol. The van der Waals surface area contributed by atoms with Crippen LogP contribution >= 0.6 is 0 Å². The van der Waals surface area contributed by atoms with Crippen molar-refractivity contribution in [2.24, 2.45) is 10.7 Å². The Hall–Kier alpha value is -1.77. The van der Waals surface area contributed by atoms with E-state index in [1.54, 1.807) is 7.05 Å². The molecule has 0 saturated carbocycles. The first-order chi connectivity index (χ1) is 7.07. The van der Waals surface area contributed by atoms with Gasteiger partial charge in [-0.1, -0.05) is 6.58 Å². The maximum Gasteiger partial charge on any atom is 0.0561 e. The molecule has 0 bridgehead atoms. The van der Waals surface area contributed by atoms with Gasteiger partial charge in [0.15, 0.2) is 0 Å². The maximum absolute atomic E-state index is 5.95. The summed E-state index contributed by atoms with van der Waals surface area (Å²) in [5.74, 6) is 0. The highest BCUT2D eigenvalue weighted by molar-refractivity contribution is 6.00. The highest BCUT2D eigenvalue weighted by Crippen LogP contribution is 2.20. The molecule has 0 saturated heterocycles. The van der Waals surface area contributed by atoms with Gasteiger partial charge in [-0.25, -0.2) is 0 Å². The van der Waals surface area contributed by atoms with Crippen LogP contribution < -0.4 is 5.73 Å². The van der Waals surface area contributed by atoms with E-state index in [4.69, 9.17) is 5.73 Å². The molecule has 0 aliphatic carbocycles. The predicted molar refractivity (Wildman–Crippen MR) is 65.7 cm³/mol. The second kappa shape index (κ2) is 4.64. The fraction of sp³-hybridized carbons (Fsp3) is 0.250. The van der Waals surface area contributed by atoms with Crippen LogP contribution in [0.5, 0.6) is 0 Å². The van der Waals surface area contributed by atoms with Crippen LogP contribution in [-0.4, -0.2) is 17.7 Å². The Kier molecular flexibility index (Phi) is 3.50. The van der Waals surface area contributed by atoms with Crippen molar-refractivity contribution in [2.45, 2.75) is 13.8 Å². The number of hydrogen-bond acceptors (Lipinski definition) is 2. The van der Waals surface area contributed by atoms with Crippen LogP contribution in [0.2, 0.25) is 0 Å². The summed E-state index contributed by atoms with van der Waals surface area (Å²) in [6.07, 6.45) is 1.87. The summed E-state index contributed by atoms with van der Waals surface area (Å²) in [7, 11) is 1.73. The van der Waals surface area contributed by atoms with Gasteiger partial charge in [0.05, 0.1) is 11.4 Å². The lowest BCUT2D eigenvalue weighted by atomic mass is 10.0. The molecule has 0 unspecified atom stereocenters. The molecule has 3 nitrogen and oxygen atoms in total. The van der Waals surface area contributed by atoms with Crippen molar-refractivity contribution in [3.05, 3.63) is 41.9 Å². The summed E-state index contributed by atoms with van der Waals surface area (Å²) in [6, 6.07) is 3.91. The minimum atomic E-state index is 0.692. The van der Waals surface area contributed by atoms with Crippen LogP contribution in [0.25, 0.3) is 5.57 Å². The van der Waals surface area contributed by atoms with E-state index in [1.165, 1.54) is 0 Å². The molecule has 80 valence electrons. The van der Waals surface area contributed by atoms with Gasteiger partial charge in [-0.05, 0) is 37.1 Å². The number of aromatic nitrogens is 1. The number of allylic oxidation sites excluding steroid dienone is 3. The van der Waals surface area contributed by atoms with Crippen LogP contribution in [0.4, 0.5) is 0 Å².